The van der Waals surface area contributed by atoms with Gasteiger partial charge in [0.15, 0.2) is 0 Å². The van der Waals surface area contributed by atoms with E-state index in [2.05, 4.69) is 28.3 Å². The highest BCUT2D eigenvalue weighted by Gasteiger charge is 2.08. The smallest absolute Gasteiger partial charge is 0.124 e. The molecule has 1 aromatic carbocycles. The van der Waals surface area contributed by atoms with Crippen molar-refractivity contribution in [2.24, 2.45) is 0 Å². The summed E-state index contributed by atoms with van der Waals surface area (Å²) in [6.07, 6.45) is 3.81. The Morgan fingerprint density at radius 3 is 2.95 bits per heavy atom. The number of rotatable bonds is 4. The molecule has 0 radical (unpaired) electrons. The Labute approximate surface area is 116 Å². The fraction of sp³-hybridized carbons (Fsp3) is 0.200. The number of aromatic nitrogens is 2. The second-order valence-electron chi connectivity index (χ2n) is 4.29. The molecule has 3 rings (SSSR count). The average Bonchev–Trinajstić information content (AvgIpc) is 2.93. The molecule has 0 atom stereocenters. The molecule has 0 bridgehead atoms. The molecule has 3 nitrogen and oxygen atoms in total. The van der Waals surface area contributed by atoms with Crippen LogP contribution in [0, 0.1) is 0 Å². The van der Waals surface area contributed by atoms with Crippen molar-refractivity contribution in [3.05, 3.63) is 47.6 Å². The first kappa shape index (κ1) is 12.3. The number of hydrogen-bond acceptors (Lipinski definition) is 4. The molecule has 0 aliphatic heterocycles. The van der Waals surface area contributed by atoms with E-state index >= 15 is 0 Å². The lowest BCUT2D eigenvalue weighted by atomic mass is 10.1. The summed E-state index contributed by atoms with van der Waals surface area (Å²) < 4.78 is 0. The predicted octanol–water partition coefficient (Wildman–Crippen LogP) is 3.47. The molecular formula is C15H15N3S. The van der Waals surface area contributed by atoms with Gasteiger partial charge in [-0.25, -0.2) is 4.98 Å². The van der Waals surface area contributed by atoms with Crippen LogP contribution in [0.25, 0.3) is 21.5 Å². The van der Waals surface area contributed by atoms with Crippen molar-refractivity contribution in [2.45, 2.75) is 13.5 Å². The first-order valence-electron chi connectivity index (χ1n) is 6.38. The van der Waals surface area contributed by atoms with Gasteiger partial charge in [0, 0.05) is 34.8 Å². The number of pyridine rings is 1. The Morgan fingerprint density at radius 1 is 1.16 bits per heavy atom. The van der Waals surface area contributed by atoms with Crippen molar-refractivity contribution in [1.82, 2.24) is 15.3 Å². The maximum atomic E-state index is 4.54. The predicted molar refractivity (Wildman–Crippen MR) is 80.2 cm³/mol. The lowest BCUT2D eigenvalue weighted by Gasteiger charge is -2.02. The Bertz CT molecular complexity index is 685. The number of hydrogen-bond donors (Lipinski definition) is 1. The van der Waals surface area contributed by atoms with Gasteiger partial charge in [-0.2, -0.15) is 0 Å². The summed E-state index contributed by atoms with van der Waals surface area (Å²) in [5.41, 5.74) is 2.18. The molecule has 0 aliphatic carbocycles. The van der Waals surface area contributed by atoms with Crippen LogP contribution in [0.4, 0.5) is 0 Å². The molecule has 0 aliphatic rings. The van der Waals surface area contributed by atoms with Crippen LogP contribution in [-0.2, 0) is 6.54 Å². The number of nitrogens with one attached hydrogen (secondary N) is 1. The number of para-hydroxylation sites is 1. The summed E-state index contributed by atoms with van der Waals surface area (Å²) in [6, 6.07) is 10.2. The van der Waals surface area contributed by atoms with Crippen LogP contribution in [0.2, 0.25) is 0 Å². The third-order valence-corrected chi connectivity index (χ3v) is 4.01. The molecule has 1 N–H and O–H groups in total. The minimum Gasteiger partial charge on any atom is -0.312 e. The number of fused-ring (bicyclic) bond motifs is 1. The summed E-state index contributed by atoms with van der Waals surface area (Å²) in [5.74, 6) is 0. The highest BCUT2D eigenvalue weighted by atomic mass is 32.1. The van der Waals surface area contributed by atoms with E-state index < -0.39 is 0 Å². The van der Waals surface area contributed by atoms with Gasteiger partial charge in [-0.3, -0.25) is 4.98 Å². The highest BCUT2D eigenvalue weighted by molar-refractivity contribution is 7.15. The van der Waals surface area contributed by atoms with E-state index in [4.69, 9.17) is 0 Å². The monoisotopic (exact) mass is 269 g/mol. The van der Waals surface area contributed by atoms with E-state index in [0.29, 0.717) is 0 Å². The molecule has 0 saturated heterocycles. The van der Waals surface area contributed by atoms with Gasteiger partial charge in [-0.15, -0.1) is 11.3 Å². The molecule has 0 amide bonds. The molecule has 0 spiro atoms. The van der Waals surface area contributed by atoms with Crippen molar-refractivity contribution >= 4 is 22.2 Å². The van der Waals surface area contributed by atoms with E-state index in [1.807, 2.05) is 36.7 Å². The summed E-state index contributed by atoms with van der Waals surface area (Å²) in [6.45, 7) is 3.97. The fourth-order valence-corrected chi connectivity index (χ4v) is 2.97. The molecule has 19 heavy (non-hydrogen) atoms. The Morgan fingerprint density at radius 2 is 2.05 bits per heavy atom. The zero-order valence-corrected chi connectivity index (χ0v) is 11.6. The van der Waals surface area contributed by atoms with E-state index in [1.54, 1.807) is 11.3 Å². The minimum atomic E-state index is 0.886. The van der Waals surface area contributed by atoms with Crippen molar-refractivity contribution in [3.8, 4) is 10.6 Å². The van der Waals surface area contributed by atoms with E-state index in [0.717, 1.165) is 29.0 Å². The minimum absolute atomic E-state index is 0.886. The van der Waals surface area contributed by atoms with Gasteiger partial charge < -0.3 is 5.32 Å². The summed E-state index contributed by atoms with van der Waals surface area (Å²) in [7, 11) is 0. The zero-order chi connectivity index (χ0) is 13.1. The second-order valence-corrected chi connectivity index (χ2v) is 5.40. The largest absolute Gasteiger partial charge is 0.312 e. The lowest BCUT2D eigenvalue weighted by Crippen LogP contribution is -2.10. The Balaban J connectivity index is 2.02. The zero-order valence-electron chi connectivity index (χ0n) is 10.8. The number of nitrogens with zero attached hydrogens (tertiary/aromatic N) is 2. The Kier molecular flexibility index (Phi) is 3.53. The molecule has 3 aromatic rings. The van der Waals surface area contributed by atoms with Crippen LogP contribution in [-0.4, -0.2) is 16.5 Å². The molecular weight excluding hydrogens is 254 g/mol. The fourth-order valence-electron chi connectivity index (χ4n) is 2.04. The molecule has 0 unspecified atom stereocenters. The third-order valence-electron chi connectivity index (χ3n) is 2.98. The maximum absolute atomic E-state index is 4.54. The second kappa shape index (κ2) is 5.47. The van der Waals surface area contributed by atoms with Gasteiger partial charge in [0.2, 0.25) is 0 Å². The van der Waals surface area contributed by atoms with Crippen LogP contribution in [0.3, 0.4) is 0 Å². The van der Waals surface area contributed by atoms with Crippen LogP contribution in [0.1, 0.15) is 11.8 Å². The highest BCUT2D eigenvalue weighted by Crippen LogP contribution is 2.30. The molecule has 96 valence electrons. The summed E-state index contributed by atoms with van der Waals surface area (Å²) in [5, 5.41) is 5.55. The standard InChI is InChI=1S/C15H15N3S/c1-2-16-9-11-10-18-15(19-11)13-7-8-17-14-6-4-3-5-12(13)14/h3-8,10,16H,2,9H2,1H3. The SMILES string of the molecule is CCNCc1cnc(-c2ccnc3ccccc23)s1. The van der Waals surface area contributed by atoms with E-state index in [1.165, 1.54) is 10.4 Å². The van der Waals surface area contributed by atoms with Gasteiger partial charge >= 0.3 is 0 Å². The van der Waals surface area contributed by atoms with Gasteiger partial charge in [0.1, 0.15) is 5.01 Å². The number of benzene rings is 1. The quantitative estimate of drug-likeness (QED) is 0.788. The van der Waals surface area contributed by atoms with Gasteiger partial charge in [-0.05, 0) is 18.7 Å². The van der Waals surface area contributed by atoms with Crippen LogP contribution >= 0.6 is 11.3 Å². The molecule has 0 fully saturated rings. The Hall–Kier alpha value is -1.78. The van der Waals surface area contributed by atoms with Crippen LogP contribution in [0.5, 0.6) is 0 Å². The van der Waals surface area contributed by atoms with Crippen LogP contribution in [0.15, 0.2) is 42.7 Å². The molecule has 2 heterocycles. The van der Waals surface area contributed by atoms with Gasteiger partial charge in [0.25, 0.3) is 0 Å². The van der Waals surface area contributed by atoms with Crippen molar-refractivity contribution in [2.75, 3.05) is 6.54 Å². The molecule has 0 saturated carbocycles. The van der Waals surface area contributed by atoms with Gasteiger partial charge in [0.05, 0.1) is 5.52 Å². The summed E-state index contributed by atoms with van der Waals surface area (Å²) in [4.78, 5) is 10.2. The summed E-state index contributed by atoms with van der Waals surface area (Å²) >= 11 is 1.74. The topological polar surface area (TPSA) is 37.8 Å². The van der Waals surface area contributed by atoms with Crippen LogP contribution < -0.4 is 5.32 Å². The first-order valence-corrected chi connectivity index (χ1v) is 7.19. The molecule has 4 heteroatoms. The average molecular weight is 269 g/mol. The van der Waals surface area contributed by atoms with E-state index in [9.17, 15) is 0 Å². The van der Waals surface area contributed by atoms with Gasteiger partial charge in [-0.1, -0.05) is 25.1 Å². The third kappa shape index (κ3) is 2.50. The lowest BCUT2D eigenvalue weighted by molar-refractivity contribution is 0.734. The maximum Gasteiger partial charge on any atom is 0.124 e. The van der Waals surface area contributed by atoms with Crippen molar-refractivity contribution in [1.29, 1.82) is 0 Å². The van der Waals surface area contributed by atoms with Crippen molar-refractivity contribution in [3.63, 3.8) is 0 Å². The number of thiazole rings is 1. The molecule has 2 aromatic heterocycles. The first-order chi connectivity index (χ1) is 9.38. The normalized spacial score (nSPS) is 11.0. The van der Waals surface area contributed by atoms with Crippen molar-refractivity contribution < 1.29 is 0 Å². The van der Waals surface area contributed by atoms with E-state index in [-0.39, 0.29) is 0 Å².